The fraction of sp³-hybridized carbons (Fsp3) is 0.350. The molecule has 29 heavy (non-hydrogen) atoms. The number of ether oxygens (including phenoxy) is 1. The average molecular weight is 449 g/mol. The maximum absolute atomic E-state index is 12.3. The molecule has 0 bridgehead atoms. The van der Waals surface area contributed by atoms with E-state index in [4.69, 9.17) is 16.3 Å². The molecule has 1 N–H and O–H groups in total. The Morgan fingerprint density at radius 2 is 2.17 bits per heavy atom. The predicted molar refractivity (Wildman–Crippen MR) is 116 cm³/mol. The fourth-order valence-electron chi connectivity index (χ4n) is 2.93. The molecule has 1 aliphatic rings. The first-order valence-corrected chi connectivity index (χ1v) is 11.6. The van der Waals surface area contributed by atoms with Crippen molar-refractivity contribution >= 4 is 40.6 Å². The SMILES string of the molecule is CC(NC(=O)CSc1nnc(COc2ccccc2Cl)n1C1CC1)c1cccs1. The summed E-state index contributed by atoms with van der Waals surface area (Å²) in [4.78, 5) is 13.5. The summed E-state index contributed by atoms with van der Waals surface area (Å²) in [6.07, 6.45) is 2.18. The van der Waals surface area contributed by atoms with Crippen LogP contribution >= 0.6 is 34.7 Å². The molecule has 2 aromatic heterocycles. The Hall–Kier alpha value is -2.03. The smallest absolute Gasteiger partial charge is 0.230 e. The molecule has 1 amide bonds. The van der Waals surface area contributed by atoms with Crippen molar-refractivity contribution in [2.75, 3.05) is 5.75 Å². The summed E-state index contributed by atoms with van der Waals surface area (Å²) in [5.41, 5.74) is 0. The number of benzene rings is 1. The number of thioether (sulfide) groups is 1. The lowest BCUT2D eigenvalue weighted by Gasteiger charge is -2.13. The standard InChI is InChI=1S/C20H21ClN4O2S2/c1-13(17-7-4-10-28-17)22-19(26)12-29-20-24-23-18(25(20)14-8-9-14)11-27-16-6-3-2-5-15(16)21/h2-7,10,13-14H,8-9,11-12H2,1H3,(H,22,26). The van der Waals surface area contributed by atoms with E-state index in [2.05, 4.69) is 20.1 Å². The zero-order valence-corrected chi connectivity index (χ0v) is 18.3. The second kappa shape index (κ2) is 9.19. The molecule has 0 radical (unpaired) electrons. The fourth-order valence-corrected chi connectivity index (χ4v) is 4.69. The van der Waals surface area contributed by atoms with E-state index in [0.29, 0.717) is 22.6 Å². The van der Waals surface area contributed by atoms with Crippen LogP contribution in [0.2, 0.25) is 5.02 Å². The average Bonchev–Trinajstić information content (AvgIpc) is 3.24. The largest absolute Gasteiger partial charge is 0.484 e. The van der Waals surface area contributed by atoms with Crippen LogP contribution in [0.15, 0.2) is 46.9 Å². The molecular formula is C20H21ClN4O2S2. The second-order valence-corrected chi connectivity index (χ2v) is 9.14. The number of halogens is 1. The lowest BCUT2D eigenvalue weighted by molar-refractivity contribution is -0.119. The molecule has 2 heterocycles. The van der Waals surface area contributed by atoms with Crippen molar-refractivity contribution in [1.29, 1.82) is 0 Å². The maximum Gasteiger partial charge on any atom is 0.230 e. The van der Waals surface area contributed by atoms with Gasteiger partial charge in [0.1, 0.15) is 12.4 Å². The minimum absolute atomic E-state index is 0.00369. The second-order valence-electron chi connectivity index (χ2n) is 6.81. The monoisotopic (exact) mass is 448 g/mol. The highest BCUT2D eigenvalue weighted by atomic mass is 35.5. The van der Waals surface area contributed by atoms with Gasteiger partial charge in [0.2, 0.25) is 5.91 Å². The summed E-state index contributed by atoms with van der Waals surface area (Å²) in [5.74, 6) is 1.65. The van der Waals surface area contributed by atoms with Crippen LogP contribution in [0.1, 0.15) is 42.6 Å². The Balaban J connectivity index is 1.37. The van der Waals surface area contributed by atoms with Crippen LogP contribution in [0.3, 0.4) is 0 Å². The zero-order chi connectivity index (χ0) is 20.2. The Kier molecular flexibility index (Phi) is 6.42. The number of aromatic nitrogens is 3. The molecule has 1 fully saturated rings. The quantitative estimate of drug-likeness (QED) is 0.472. The zero-order valence-electron chi connectivity index (χ0n) is 15.9. The first-order valence-electron chi connectivity index (χ1n) is 9.38. The molecular weight excluding hydrogens is 428 g/mol. The van der Waals surface area contributed by atoms with Crippen molar-refractivity contribution < 1.29 is 9.53 Å². The Labute approximate surface area is 182 Å². The summed E-state index contributed by atoms with van der Waals surface area (Å²) in [5, 5.41) is 15.0. The van der Waals surface area contributed by atoms with Crippen LogP contribution in [0, 0.1) is 0 Å². The number of hydrogen-bond acceptors (Lipinski definition) is 6. The third-order valence-electron chi connectivity index (χ3n) is 4.52. The van der Waals surface area contributed by atoms with Crippen molar-refractivity contribution in [3.63, 3.8) is 0 Å². The van der Waals surface area contributed by atoms with Gasteiger partial charge in [-0.3, -0.25) is 9.36 Å². The van der Waals surface area contributed by atoms with Gasteiger partial charge < -0.3 is 10.1 Å². The van der Waals surface area contributed by atoms with Crippen LogP contribution in [-0.4, -0.2) is 26.4 Å². The molecule has 3 aromatic rings. The summed E-state index contributed by atoms with van der Waals surface area (Å²) >= 11 is 9.20. The molecule has 6 nitrogen and oxygen atoms in total. The summed E-state index contributed by atoms with van der Waals surface area (Å²) in [7, 11) is 0. The van der Waals surface area contributed by atoms with Crippen molar-refractivity contribution in [2.24, 2.45) is 0 Å². The number of rotatable bonds is 9. The molecule has 9 heteroatoms. The van der Waals surface area contributed by atoms with Gasteiger partial charge in [0, 0.05) is 10.9 Å². The Morgan fingerprint density at radius 1 is 1.34 bits per heavy atom. The van der Waals surface area contributed by atoms with Crippen molar-refractivity contribution in [3.05, 3.63) is 57.5 Å². The normalized spacial score (nSPS) is 14.6. The van der Waals surface area contributed by atoms with Gasteiger partial charge in [0.15, 0.2) is 11.0 Å². The summed E-state index contributed by atoms with van der Waals surface area (Å²) in [6.45, 7) is 2.28. The van der Waals surface area contributed by atoms with Gasteiger partial charge in [-0.15, -0.1) is 21.5 Å². The van der Waals surface area contributed by atoms with Gasteiger partial charge in [-0.2, -0.15) is 0 Å². The van der Waals surface area contributed by atoms with Crippen LogP contribution in [0.4, 0.5) is 0 Å². The van der Waals surface area contributed by atoms with E-state index >= 15 is 0 Å². The molecule has 1 aliphatic carbocycles. The van der Waals surface area contributed by atoms with E-state index in [1.807, 2.05) is 42.6 Å². The lowest BCUT2D eigenvalue weighted by atomic mass is 10.3. The summed E-state index contributed by atoms with van der Waals surface area (Å²) < 4.78 is 7.93. The highest BCUT2D eigenvalue weighted by Gasteiger charge is 2.30. The molecule has 0 aliphatic heterocycles. The number of nitrogens with zero attached hydrogens (tertiary/aromatic N) is 3. The van der Waals surface area contributed by atoms with E-state index in [1.54, 1.807) is 17.4 Å². The Bertz CT molecular complexity index is 973. The van der Waals surface area contributed by atoms with Crippen LogP contribution in [0.25, 0.3) is 0 Å². The van der Waals surface area contributed by atoms with Crippen LogP contribution < -0.4 is 10.1 Å². The number of amides is 1. The molecule has 4 rings (SSSR count). The topological polar surface area (TPSA) is 69.0 Å². The number of nitrogens with one attached hydrogen (secondary N) is 1. The molecule has 1 atom stereocenters. The van der Waals surface area contributed by atoms with Gasteiger partial charge >= 0.3 is 0 Å². The molecule has 152 valence electrons. The summed E-state index contributed by atoms with van der Waals surface area (Å²) in [6, 6.07) is 11.8. The van der Waals surface area contributed by atoms with Gasteiger partial charge in [0.25, 0.3) is 0 Å². The minimum Gasteiger partial charge on any atom is -0.484 e. The van der Waals surface area contributed by atoms with Crippen LogP contribution in [-0.2, 0) is 11.4 Å². The van der Waals surface area contributed by atoms with Gasteiger partial charge in [-0.1, -0.05) is 41.6 Å². The first-order chi connectivity index (χ1) is 14.1. The highest BCUT2D eigenvalue weighted by Crippen LogP contribution is 2.39. The van der Waals surface area contributed by atoms with E-state index < -0.39 is 0 Å². The van der Waals surface area contributed by atoms with Gasteiger partial charge in [-0.05, 0) is 43.3 Å². The highest BCUT2D eigenvalue weighted by molar-refractivity contribution is 7.99. The van der Waals surface area contributed by atoms with Crippen molar-refractivity contribution in [1.82, 2.24) is 20.1 Å². The van der Waals surface area contributed by atoms with Gasteiger partial charge in [-0.25, -0.2) is 0 Å². The van der Waals surface area contributed by atoms with E-state index in [-0.39, 0.29) is 18.6 Å². The number of hydrogen-bond donors (Lipinski definition) is 1. The number of carbonyl (C=O) groups excluding carboxylic acids is 1. The molecule has 1 aromatic carbocycles. The Morgan fingerprint density at radius 3 is 2.90 bits per heavy atom. The maximum atomic E-state index is 12.3. The molecule has 0 spiro atoms. The van der Waals surface area contributed by atoms with E-state index in [0.717, 1.165) is 28.7 Å². The number of thiophene rings is 1. The van der Waals surface area contributed by atoms with Crippen molar-refractivity contribution in [2.45, 2.75) is 43.6 Å². The van der Waals surface area contributed by atoms with Crippen LogP contribution in [0.5, 0.6) is 5.75 Å². The predicted octanol–water partition coefficient (Wildman–Crippen LogP) is 4.88. The van der Waals surface area contributed by atoms with E-state index in [1.165, 1.54) is 11.8 Å². The molecule has 0 saturated heterocycles. The number of para-hydroxylation sites is 1. The number of carbonyl (C=O) groups is 1. The first kappa shape index (κ1) is 20.3. The third-order valence-corrected chi connectivity index (χ3v) is 6.83. The molecule has 1 unspecified atom stereocenters. The third kappa shape index (κ3) is 5.12. The molecule has 1 saturated carbocycles. The van der Waals surface area contributed by atoms with Crippen molar-refractivity contribution in [3.8, 4) is 5.75 Å². The van der Waals surface area contributed by atoms with Gasteiger partial charge in [0.05, 0.1) is 16.8 Å². The minimum atomic E-state index is -0.0184. The lowest BCUT2D eigenvalue weighted by Crippen LogP contribution is -2.27. The van der Waals surface area contributed by atoms with E-state index in [9.17, 15) is 4.79 Å².